The lowest BCUT2D eigenvalue weighted by molar-refractivity contribution is -0.137. The third kappa shape index (κ3) is 3.86. The number of alkyl halides is 3. The second-order valence-electron chi connectivity index (χ2n) is 5.30. The first-order valence-electron chi connectivity index (χ1n) is 6.79. The van der Waals surface area contributed by atoms with Gasteiger partial charge in [-0.2, -0.15) is 13.2 Å². The second kappa shape index (κ2) is 6.01. The number of hydrogen-bond donors (Lipinski definition) is 1. The van der Waals surface area contributed by atoms with Gasteiger partial charge in [0.2, 0.25) is 0 Å². The second-order valence-corrected chi connectivity index (χ2v) is 5.30. The highest BCUT2D eigenvalue weighted by Gasteiger charge is 2.30. The van der Waals surface area contributed by atoms with Crippen molar-refractivity contribution in [3.8, 4) is 0 Å². The van der Waals surface area contributed by atoms with E-state index in [1.807, 2.05) is 5.01 Å². The first kappa shape index (κ1) is 15.1. The SMILES string of the molecule is CC(C)N1CCN(Nc2ccc(C(F)(F)F)cc2)CC1. The van der Waals surface area contributed by atoms with Crippen LogP contribution in [-0.2, 0) is 6.18 Å². The number of nitrogens with zero attached hydrogens (tertiary/aromatic N) is 2. The van der Waals surface area contributed by atoms with E-state index >= 15 is 0 Å². The van der Waals surface area contributed by atoms with Gasteiger partial charge in [-0.15, -0.1) is 0 Å². The molecule has 0 bridgehead atoms. The zero-order chi connectivity index (χ0) is 14.8. The average Bonchev–Trinajstić information content (AvgIpc) is 2.39. The van der Waals surface area contributed by atoms with Crippen molar-refractivity contribution in [1.29, 1.82) is 0 Å². The Labute approximate surface area is 117 Å². The third-order valence-electron chi connectivity index (χ3n) is 3.54. The standard InChI is InChI=1S/C14H20F3N3/c1-11(2)19-7-9-20(10-8-19)18-13-5-3-12(4-6-13)14(15,16)17/h3-6,11,18H,7-10H2,1-2H3. The fraction of sp³-hybridized carbons (Fsp3) is 0.571. The molecule has 0 saturated carbocycles. The van der Waals surface area contributed by atoms with Gasteiger partial charge in [0, 0.05) is 37.9 Å². The molecule has 1 aliphatic rings. The minimum atomic E-state index is -4.28. The summed E-state index contributed by atoms with van der Waals surface area (Å²) in [7, 11) is 0. The molecule has 1 aromatic rings. The highest BCUT2D eigenvalue weighted by atomic mass is 19.4. The van der Waals surface area contributed by atoms with Gasteiger partial charge in [0.1, 0.15) is 0 Å². The number of piperazine rings is 1. The van der Waals surface area contributed by atoms with Gasteiger partial charge < -0.3 is 5.43 Å². The normalized spacial score (nSPS) is 18.5. The smallest absolute Gasteiger partial charge is 0.319 e. The van der Waals surface area contributed by atoms with Gasteiger partial charge in [0.15, 0.2) is 0 Å². The molecule has 0 spiro atoms. The van der Waals surface area contributed by atoms with Crippen LogP contribution in [0.4, 0.5) is 18.9 Å². The van der Waals surface area contributed by atoms with E-state index < -0.39 is 11.7 Å². The lowest BCUT2D eigenvalue weighted by Gasteiger charge is -2.37. The molecule has 1 saturated heterocycles. The number of benzene rings is 1. The highest BCUT2D eigenvalue weighted by Crippen LogP contribution is 2.29. The summed E-state index contributed by atoms with van der Waals surface area (Å²) in [6.07, 6.45) is -4.28. The molecule has 1 N–H and O–H groups in total. The van der Waals surface area contributed by atoms with Crippen molar-refractivity contribution in [2.24, 2.45) is 0 Å². The first-order chi connectivity index (χ1) is 9.36. The molecule has 1 aromatic carbocycles. The summed E-state index contributed by atoms with van der Waals surface area (Å²) in [5.74, 6) is 0. The molecule has 1 aliphatic heterocycles. The van der Waals surface area contributed by atoms with E-state index in [9.17, 15) is 13.2 Å². The van der Waals surface area contributed by atoms with Crippen LogP contribution in [0.15, 0.2) is 24.3 Å². The first-order valence-corrected chi connectivity index (χ1v) is 6.79. The van der Waals surface area contributed by atoms with Gasteiger partial charge in [0.05, 0.1) is 5.56 Å². The summed E-state index contributed by atoms with van der Waals surface area (Å²) < 4.78 is 37.4. The Bertz CT molecular complexity index is 420. The van der Waals surface area contributed by atoms with E-state index in [0.717, 1.165) is 38.3 Å². The van der Waals surface area contributed by atoms with Crippen molar-refractivity contribution in [3.63, 3.8) is 0 Å². The molecule has 0 unspecified atom stereocenters. The molecule has 1 heterocycles. The van der Waals surface area contributed by atoms with Crippen LogP contribution in [0.25, 0.3) is 0 Å². The van der Waals surface area contributed by atoms with Crippen molar-refractivity contribution >= 4 is 5.69 Å². The quantitative estimate of drug-likeness (QED) is 0.922. The van der Waals surface area contributed by atoms with Gasteiger partial charge in [0.25, 0.3) is 0 Å². The largest absolute Gasteiger partial charge is 0.416 e. The molecule has 112 valence electrons. The molecule has 0 atom stereocenters. The van der Waals surface area contributed by atoms with E-state index in [0.29, 0.717) is 11.7 Å². The van der Waals surface area contributed by atoms with E-state index in [1.165, 1.54) is 12.1 Å². The molecule has 0 aromatic heterocycles. The Morgan fingerprint density at radius 3 is 2.00 bits per heavy atom. The minimum absolute atomic E-state index is 0.531. The number of anilines is 1. The summed E-state index contributed by atoms with van der Waals surface area (Å²) in [6, 6.07) is 5.68. The Morgan fingerprint density at radius 2 is 1.55 bits per heavy atom. The highest BCUT2D eigenvalue weighted by molar-refractivity contribution is 5.44. The van der Waals surface area contributed by atoms with Crippen LogP contribution in [0.1, 0.15) is 19.4 Å². The van der Waals surface area contributed by atoms with Crippen LogP contribution >= 0.6 is 0 Å². The van der Waals surface area contributed by atoms with Gasteiger partial charge in [-0.3, -0.25) is 4.90 Å². The molecular formula is C14H20F3N3. The zero-order valence-electron chi connectivity index (χ0n) is 11.7. The average molecular weight is 287 g/mol. The van der Waals surface area contributed by atoms with Crippen LogP contribution in [0.2, 0.25) is 0 Å². The van der Waals surface area contributed by atoms with Crippen LogP contribution < -0.4 is 5.43 Å². The van der Waals surface area contributed by atoms with Crippen molar-refractivity contribution in [2.75, 3.05) is 31.6 Å². The molecule has 20 heavy (non-hydrogen) atoms. The van der Waals surface area contributed by atoms with Crippen molar-refractivity contribution in [1.82, 2.24) is 9.91 Å². The van der Waals surface area contributed by atoms with Crippen molar-refractivity contribution < 1.29 is 13.2 Å². The molecule has 3 nitrogen and oxygen atoms in total. The van der Waals surface area contributed by atoms with Gasteiger partial charge in [-0.1, -0.05) is 0 Å². The van der Waals surface area contributed by atoms with E-state index in [2.05, 4.69) is 24.2 Å². The molecule has 1 fully saturated rings. The Kier molecular flexibility index (Phi) is 4.55. The topological polar surface area (TPSA) is 18.5 Å². The number of nitrogens with one attached hydrogen (secondary N) is 1. The molecule has 0 amide bonds. The molecule has 0 aliphatic carbocycles. The van der Waals surface area contributed by atoms with E-state index in [-0.39, 0.29) is 0 Å². The maximum atomic E-state index is 12.5. The van der Waals surface area contributed by atoms with Crippen LogP contribution in [0, 0.1) is 0 Å². The molecule has 2 rings (SSSR count). The maximum Gasteiger partial charge on any atom is 0.416 e. The Hall–Kier alpha value is -1.27. The van der Waals surface area contributed by atoms with E-state index in [1.54, 1.807) is 0 Å². The van der Waals surface area contributed by atoms with Gasteiger partial charge >= 0.3 is 6.18 Å². The monoisotopic (exact) mass is 287 g/mol. The minimum Gasteiger partial charge on any atom is -0.319 e. The summed E-state index contributed by atoms with van der Waals surface area (Å²) in [5, 5.41) is 2.04. The number of halogens is 3. The van der Waals surface area contributed by atoms with Crippen LogP contribution in [0.5, 0.6) is 0 Å². The summed E-state index contributed by atoms with van der Waals surface area (Å²) >= 11 is 0. The zero-order valence-corrected chi connectivity index (χ0v) is 11.7. The van der Waals surface area contributed by atoms with Gasteiger partial charge in [-0.05, 0) is 38.1 Å². The number of rotatable bonds is 3. The van der Waals surface area contributed by atoms with Crippen LogP contribution in [-0.4, -0.2) is 42.1 Å². The third-order valence-corrected chi connectivity index (χ3v) is 3.54. The van der Waals surface area contributed by atoms with Crippen molar-refractivity contribution in [2.45, 2.75) is 26.1 Å². The fourth-order valence-corrected chi connectivity index (χ4v) is 2.27. The molecule has 6 heteroatoms. The summed E-state index contributed by atoms with van der Waals surface area (Å²) in [4.78, 5) is 2.38. The molecule has 0 radical (unpaired) electrons. The maximum absolute atomic E-state index is 12.5. The molecular weight excluding hydrogens is 267 g/mol. The summed E-state index contributed by atoms with van der Waals surface area (Å²) in [5.41, 5.74) is 3.23. The van der Waals surface area contributed by atoms with Crippen molar-refractivity contribution in [3.05, 3.63) is 29.8 Å². The predicted molar refractivity (Wildman–Crippen MR) is 73.3 cm³/mol. The lowest BCUT2D eigenvalue weighted by atomic mass is 10.2. The summed E-state index contributed by atoms with van der Waals surface area (Å²) in [6.45, 7) is 7.98. The Morgan fingerprint density at radius 1 is 1.00 bits per heavy atom. The van der Waals surface area contributed by atoms with Crippen LogP contribution in [0.3, 0.4) is 0 Å². The van der Waals surface area contributed by atoms with E-state index in [4.69, 9.17) is 0 Å². The number of hydrogen-bond acceptors (Lipinski definition) is 3. The fourth-order valence-electron chi connectivity index (χ4n) is 2.27. The lowest BCUT2D eigenvalue weighted by Crippen LogP contribution is -2.50. The predicted octanol–water partition coefficient (Wildman–Crippen LogP) is 3.06. The van der Waals surface area contributed by atoms with Gasteiger partial charge in [-0.25, -0.2) is 5.01 Å². The Balaban J connectivity index is 1.89. The number of hydrazine groups is 1.